The number of benzene rings is 3. The van der Waals surface area contributed by atoms with Gasteiger partial charge in [-0.15, -0.1) is 0 Å². The lowest BCUT2D eigenvalue weighted by molar-refractivity contribution is 0.111. The maximum atomic E-state index is 13.9. The number of nitrogens with one attached hydrogen (secondary N) is 1. The van der Waals surface area contributed by atoms with Crippen molar-refractivity contribution in [3.8, 4) is 17.1 Å². The number of hydrogen-bond donors (Lipinski definition) is 1. The summed E-state index contributed by atoms with van der Waals surface area (Å²) in [5.41, 5.74) is 3.28. The van der Waals surface area contributed by atoms with Gasteiger partial charge in [-0.05, 0) is 55.2 Å². The smallest absolute Gasteiger partial charge is 0.259 e. The Labute approximate surface area is 269 Å². The molecule has 5 aromatic rings. The molecule has 3 aromatic carbocycles. The summed E-state index contributed by atoms with van der Waals surface area (Å²) in [6.07, 6.45) is 8.76. The predicted molar refractivity (Wildman–Crippen MR) is 180 cm³/mol. The van der Waals surface area contributed by atoms with Crippen LogP contribution in [0.3, 0.4) is 0 Å². The number of sulfonamides is 1. The van der Waals surface area contributed by atoms with Crippen molar-refractivity contribution in [3.63, 3.8) is 0 Å². The zero-order valence-corrected chi connectivity index (χ0v) is 27.0. The van der Waals surface area contributed by atoms with E-state index in [-0.39, 0.29) is 16.3 Å². The molecule has 10 nitrogen and oxygen atoms in total. The minimum absolute atomic E-state index is 0.162. The first kappa shape index (κ1) is 30.6. The fourth-order valence-electron chi connectivity index (χ4n) is 6.82. The normalized spacial score (nSPS) is 17.2. The van der Waals surface area contributed by atoms with Crippen LogP contribution in [-0.2, 0) is 16.6 Å². The third kappa shape index (κ3) is 6.06. The van der Waals surface area contributed by atoms with Gasteiger partial charge in [-0.1, -0.05) is 56.5 Å². The Morgan fingerprint density at radius 2 is 1.72 bits per heavy atom. The summed E-state index contributed by atoms with van der Waals surface area (Å²) in [5, 5.41) is 0.432. The van der Waals surface area contributed by atoms with E-state index in [1.807, 2.05) is 41.8 Å². The van der Waals surface area contributed by atoms with Gasteiger partial charge >= 0.3 is 0 Å². The van der Waals surface area contributed by atoms with Gasteiger partial charge in [-0.3, -0.25) is 9.69 Å². The molecule has 0 radical (unpaired) electrons. The molecular weight excluding hydrogens is 600 g/mol. The molecule has 11 heteroatoms. The molecule has 1 N–H and O–H groups in total. The van der Waals surface area contributed by atoms with Crippen molar-refractivity contribution in [3.05, 3.63) is 82.9 Å². The first-order chi connectivity index (χ1) is 22.4. The van der Waals surface area contributed by atoms with Gasteiger partial charge in [-0.25, -0.2) is 18.4 Å². The van der Waals surface area contributed by atoms with E-state index in [0.29, 0.717) is 54.5 Å². The third-order valence-electron chi connectivity index (χ3n) is 9.31. The van der Waals surface area contributed by atoms with Gasteiger partial charge in [-0.2, -0.15) is 4.31 Å². The summed E-state index contributed by atoms with van der Waals surface area (Å²) < 4.78 is 37.4. The quantitative estimate of drug-likeness (QED) is 0.229. The number of imidazole rings is 1. The maximum Gasteiger partial charge on any atom is 0.259 e. The summed E-state index contributed by atoms with van der Waals surface area (Å²) >= 11 is 0. The topological polar surface area (TPSA) is 113 Å². The molecule has 0 atom stereocenters. The molecule has 7 rings (SSSR count). The molecule has 2 fully saturated rings. The minimum Gasteiger partial charge on any atom is -0.493 e. The Bertz CT molecular complexity index is 2010. The molecule has 1 aliphatic heterocycles. The number of aromatic amines is 1. The fourth-order valence-corrected chi connectivity index (χ4v) is 8.27. The monoisotopic (exact) mass is 640 g/mol. The fraction of sp³-hybridized carbons (Fsp3) is 0.400. The molecule has 0 spiro atoms. The standard InChI is InChI=1S/C35H40N6O4S/c1-2-19-45-33-14-13-27(46(43,44)41-17-15-39(16-18-41)26-11-7-4-8-12-26)20-29(33)34-37-30-22-31-32(21-28(30)35(42)38-34)40(24-36-31)23-25-9-5-3-6-10-25/h3,5-6,9-10,13-14,20-22,24,26H,2,4,7-8,11-12,15-19,23H2,1H3,(H,37,38,42). The first-order valence-corrected chi connectivity index (χ1v) is 17.8. The van der Waals surface area contributed by atoms with E-state index in [0.717, 1.165) is 36.1 Å². The average Bonchev–Trinajstić information content (AvgIpc) is 3.48. The van der Waals surface area contributed by atoms with Crippen molar-refractivity contribution in [1.82, 2.24) is 28.7 Å². The van der Waals surface area contributed by atoms with Crippen molar-refractivity contribution in [2.24, 2.45) is 0 Å². The summed E-state index contributed by atoms with van der Waals surface area (Å²) in [5.74, 6) is 0.726. The van der Waals surface area contributed by atoms with Crippen molar-refractivity contribution in [1.29, 1.82) is 0 Å². The van der Waals surface area contributed by atoms with Crippen molar-refractivity contribution < 1.29 is 13.2 Å². The Kier molecular flexibility index (Phi) is 8.63. The third-order valence-corrected chi connectivity index (χ3v) is 11.2. The molecule has 0 unspecified atom stereocenters. The molecule has 1 saturated heterocycles. The van der Waals surface area contributed by atoms with Crippen LogP contribution in [0.15, 0.2) is 76.7 Å². The number of rotatable bonds is 9. The van der Waals surface area contributed by atoms with Crippen LogP contribution in [0.25, 0.3) is 33.3 Å². The van der Waals surface area contributed by atoms with E-state index in [9.17, 15) is 13.2 Å². The van der Waals surface area contributed by atoms with Crippen LogP contribution in [0.2, 0.25) is 0 Å². The number of hydrogen-bond acceptors (Lipinski definition) is 7. The van der Waals surface area contributed by atoms with Crippen molar-refractivity contribution in [2.75, 3.05) is 32.8 Å². The Morgan fingerprint density at radius 3 is 2.48 bits per heavy atom. The van der Waals surface area contributed by atoms with E-state index < -0.39 is 10.0 Å². The van der Waals surface area contributed by atoms with E-state index in [4.69, 9.17) is 9.72 Å². The molecule has 1 saturated carbocycles. The van der Waals surface area contributed by atoms with Crippen LogP contribution < -0.4 is 10.3 Å². The van der Waals surface area contributed by atoms with Crippen LogP contribution in [-0.4, -0.2) is 76.0 Å². The van der Waals surface area contributed by atoms with Crippen molar-refractivity contribution >= 4 is 32.0 Å². The van der Waals surface area contributed by atoms with Gasteiger partial charge in [0.05, 0.1) is 45.3 Å². The van der Waals surface area contributed by atoms with E-state index in [1.165, 1.54) is 32.1 Å². The highest BCUT2D eigenvalue weighted by Crippen LogP contribution is 2.33. The first-order valence-electron chi connectivity index (χ1n) is 16.3. The molecule has 2 aromatic heterocycles. The summed E-state index contributed by atoms with van der Waals surface area (Å²) in [6, 6.07) is 19.1. The molecule has 2 aliphatic rings. The highest BCUT2D eigenvalue weighted by atomic mass is 32.2. The summed E-state index contributed by atoms with van der Waals surface area (Å²) in [7, 11) is -3.77. The number of nitrogens with zero attached hydrogens (tertiary/aromatic N) is 5. The average molecular weight is 641 g/mol. The van der Waals surface area contributed by atoms with Gasteiger partial charge < -0.3 is 14.3 Å². The second kappa shape index (κ2) is 13.0. The summed E-state index contributed by atoms with van der Waals surface area (Å²) in [6.45, 7) is 5.47. The van der Waals surface area contributed by atoms with Gasteiger partial charge in [0.1, 0.15) is 11.6 Å². The van der Waals surface area contributed by atoms with E-state index in [1.54, 1.807) is 28.8 Å². The molecule has 1 aliphatic carbocycles. The van der Waals surface area contributed by atoms with Crippen molar-refractivity contribution in [2.45, 2.75) is 62.9 Å². The lowest BCUT2D eigenvalue weighted by Crippen LogP contribution is -2.52. The zero-order chi connectivity index (χ0) is 31.7. The lowest BCUT2D eigenvalue weighted by Gasteiger charge is -2.40. The second-order valence-electron chi connectivity index (χ2n) is 12.4. The van der Waals surface area contributed by atoms with Gasteiger partial charge in [0, 0.05) is 38.8 Å². The van der Waals surface area contributed by atoms with Crippen LogP contribution in [0.4, 0.5) is 0 Å². The Morgan fingerprint density at radius 1 is 0.935 bits per heavy atom. The molecule has 0 amide bonds. The van der Waals surface area contributed by atoms with Crippen LogP contribution in [0.5, 0.6) is 5.75 Å². The molecule has 46 heavy (non-hydrogen) atoms. The Hall–Kier alpha value is -4.06. The van der Waals surface area contributed by atoms with E-state index in [2.05, 4.69) is 27.0 Å². The zero-order valence-electron chi connectivity index (χ0n) is 26.2. The number of ether oxygens (including phenoxy) is 1. The summed E-state index contributed by atoms with van der Waals surface area (Å²) in [4.78, 5) is 28.5. The molecule has 3 heterocycles. The van der Waals surface area contributed by atoms with Crippen LogP contribution >= 0.6 is 0 Å². The SMILES string of the molecule is CCCOc1ccc(S(=O)(=O)N2CCN(C3CCCCC3)CC2)cc1-c1nc2cc3ncn(Cc4ccccc4)c3cc2c(=O)[nH]1. The Balaban J connectivity index is 1.21. The predicted octanol–water partition coefficient (Wildman–Crippen LogP) is 5.42. The van der Waals surface area contributed by atoms with Crippen LogP contribution in [0, 0.1) is 0 Å². The maximum absolute atomic E-state index is 13.9. The largest absolute Gasteiger partial charge is 0.493 e. The number of H-pyrrole nitrogens is 1. The van der Waals surface area contributed by atoms with E-state index >= 15 is 0 Å². The lowest BCUT2D eigenvalue weighted by atomic mass is 9.94. The number of fused-ring (bicyclic) bond motifs is 2. The van der Waals surface area contributed by atoms with Gasteiger partial charge in [0.15, 0.2) is 0 Å². The highest BCUT2D eigenvalue weighted by molar-refractivity contribution is 7.89. The minimum atomic E-state index is -3.77. The molecular formula is C35H40N6O4S. The molecule has 240 valence electrons. The second-order valence-corrected chi connectivity index (χ2v) is 14.3. The van der Waals surface area contributed by atoms with Gasteiger partial charge in [0.25, 0.3) is 5.56 Å². The van der Waals surface area contributed by atoms with Gasteiger partial charge in [0.2, 0.25) is 10.0 Å². The molecule has 0 bridgehead atoms. The highest BCUT2D eigenvalue weighted by Gasteiger charge is 2.32. The number of piperazine rings is 1. The number of aromatic nitrogens is 4. The van der Waals surface area contributed by atoms with Crippen LogP contribution in [0.1, 0.15) is 51.0 Å².